The van der Waals surface area contributed by atoms with Crippen LogP contribution in [0.4, 0.5) is 4.39 Å². The predicted octanol–water partition coefficient (Wildman–Crippen LogP) is 6.78. The van der Waals surface area contributed by atoms with Crippen LogP contribution in [0.25, 0.3) is 11.0 Å². The van der Waals surface area contributed by atoms with E-state index in [-0.39, 0.29) is 23.6 Å². The van der Waals surface area contributed by atoms with E-state index < -0.39 is 11.9 Å². The smallest absolute Gasteiger partial charge is 0.291 e. The lowest BCUT2D eigenvalue weighted by Crippen LogP contribution is -2.29. The Morgan fingerprint density at radius 2 is 1.62 bits per heavy atom. The highest BCUT2D eigenvalue weighted by Gasteiger charge is 2.42. The molecule has 182 valence electrons. The number of amides is 1. The van der Waals surface area contributed by atoms with E-state index in [0.717, 1.165) is 11.1 Å². The van der Waals surface area contributed by atoms with Gasteiger partial charge in [-0.05, 0) is 66.6 Å². The SMILES string of the molecule is Cc1ccc2oc3c(c(=O)c2c1)C(c1cccc(Oc2ccccc2)c1)N(Cc1ccc(F)cc1)C3=O. The Morgan fingerprint density at radius 3 is 2.41 bits per heavy atom. The van der Waals surface area contributed by atoms with Gasteiger partial charge in [0.2, 0.25) is 5.76 Å². The minimum absolute atomic E-state index is 0.0304. The highest BCUT2D eigenvalue weighted by molar-refractivity contribution is 5.99. The second kappa shape index (κ2) is 9.06. The molecule has 5 nitrogen and oxygen atoms in total. The highest BCUT2D eigenvalue weighted by atomic mass is 19.1. The van der Waals surface area contributed by atoms with Gasteiger partial charge in [0.05, 0.1) is 17.0 Å². The zero-order chi connectivity index (χ0) is 25.5. The second-order valence-electron chi connectivity index (χ2n) is 9.12. The van der Waals surface area contributed by atoms with Gasteiger partial charge in [0.15, 0.2) is 5.43 Å². The number of benzene rings is 4. The molecule has 2 heterocycles. The van der Waals surface area contributed by atoms with Crippen LogP contribution in [0.1, 0.15) is 38.9 Å². The van der Waals surface area contributed by atoms with Gasteiger partial charge in [-0.15, -0.1) is 0 Å². The Bertz CT molecular complexity index is 1690. The van der Waals surface area contributed by atoms with Gasteiger partial charge in [-0.2, -0.15) is 0 Å². The molecule has 1 aliphatic heterocycles. The molecular weight excluding hydrogens is 469 g/mol. The molecule has 0 saturated carbocycles. The lowest BCUT2D eigenvalue weighted by molar-refractivity contribution is 0.0714. The summed E-state index contributed by atoms with van der Waals surface area (Å²) in [5.41, 5.74) is 2.78. The molecule has 1 aliphatic rings. The maximum atomic E-state index is 13.8. The number of aryl methyl sites for hydroxylation is 1. The molecule has 1 amide bonds. The minimum atomic E-state index is -0.701. The number of para-hydroxylation sites is 1. The van der Waals surface area contributed by atoms with E-state index in [4.69, 9.17) is 9.15 Å². The standard InChI is InChI=1S/C31H22FNO4/c1-19-10-15-26-25(16-19)29(34)27-28(21-6-5-9-24(17-21)36-23-7-3-2-4-8-23)33(31(35)30(27)37-26)18-20-11-13-22(32)14-12-20/h2-17,28H,18H2,1H3. The van der Waals surface area contributed by atoms with Gasteiger partial charge in [-0.3, -0.25) is 9.59 Å². The number of halogens is 1. The number of carbonyl (C=O) groups is 1. The first-order valence-electron chi connectivity index (χ1n) is 11.9. The van der Waals surface area contributed by atoms with Crippen molar-refractivity contribution in [3.05, 3.63) is 141 Å². The van der Waals surface area contributed by atoms with E-state index in [2.05, 4.69) is 0 Å². The number of ether oxygens (including phenoxy) is 1. The Kier molecular flexibility index (Phi) is 5.57. The maximum absolute atomic E-state index is 13.8. The minimum Gasteiger partial charge on any atom is -0.457 e. The molecule has 0 N–H and O–H groups in total. The van der Waals surface area contributed by atoms with E-state index in [1.54, 1.807) is 29.2 Å². The monoisotopic (exact) mass is 491 g/mol. The van der Waals surface area contributed by atoms with Gasteiger partial charge in [-0.1, -0.05) is 54.1 Å². The molecule has 0 spiro atoms. The molecule has 1 aromatic heterocycles. The number of fused-ring (bicyclic) bond motifs is 2. The summed E-state index contributed by atoms with van der Waals surface area (Å²) < 4.78 is 25.6. The van der Waals surface area contributed by atoms with Gasteiger partial charge >= 0.3 is 0 Å². The summed E-state index contributed by atoms with van der Waals surface area (Å²) in [6.45, 7) is 2.08. The Labute approximate surface area is 212 Å². The van der Waals surface area contributed by atoms with Crippen molar-refractivity contribution in [1.29, 1.82) is 0 Å². The fraction of sp³-hybridized carbons (Fsp3) is 0.0968. The normalized spacial score (nSPS) is 14.7. The molecule has 0 aliphatic carbocycles. The summed E-state index contributed by atoms with van der Waals surface area (Å²) in [6.07, 6.45) is 0. The summed E-state index contributed by atoms with van der Waals surface area (Å²) >= 11 is 0. The van der Waals surface area contributed by atoms with E-state index in [0.29, 0.717) is 33.6 Å². The molecule has 1 atom stereocenters. The molecule has 6 rings (SSSR count). The highest BCUT2D eigenvalue weighted by Crippen LogP contribution is 2.40. The van der Waals surface area contributed by atoms with Gasteiger partial charge in [0.1, 0.15) is 22.9 Å². The van der Waals surface area contributed by atoms with Crippen LogP contribution >= 0.6 is 0 Å². The zero-order valence-corrected chi connectivity index (χ0v) is 20.0. The van der Waals surface area contributed by atoms with Crippen molar-refractivity contribution < 1.29 is 18.3 Å². The van der Waals surface area contributed by atoms with Crippen LogP contribution in [0.15, 0.2) is 106 Å². The summed E-state index contributed by atoms with van der Waals surface area (Å²) in [6, 6.07) is 27.3. The van der Waals surface area contributed by atoms with Crippen LogP contribution in [0.3, 0.4) is 0 Å². The molecule has 5 aromatic rings. The van der Waals surface area contributed by atoms with Gasteiger partial charge < -0.3 is 14.1 Å². The second-order valence-corrected chi connectivity index (χ2v) is 9.12. The Balaban J connectivity index is 1.50. The summed E-state index contributed by atoms with van der Waals surface area (Å²) in [4.78, 5) is 29.1. The molecule has 0 saturated heterocycles. The van der Waals surface area contributed by atoms with Gasteiger partial charge in [-0.25, -0.2) is 4.39 Å². The van der Waals surface area contributed by atoms with Crippen LogP contribution in [-0.2, 0) is 6.54 Å². The molecule has 37 heavy (non-hydrogen) atoms. The fourth-order valence-electron chi connectivity index (χ4n) is 4.80. The molecule has 0 bridgehead atoms. The van der Waals surface area contributed by atoms with Crippen molar-refractivity contribution in [2.24, 2.45) is 0 Å². The van der Waals surface area contributed by atoms with E-state index in [9.17, 15) is 14.0 Å². The van der Waals surface area contributed by atoms with Crippen LogP contribution < -0.4 is 10.2 Å². The summed E-state index contributed by atoms with van der Waals surface area (Å²) in [5.74, 6) is 0.528. The molecule has 6 heteroatoms. The number of hydrogen-bond donors (Lipinski definition) is 0. The molecule has 0 fully saturated rings. The van der Waals surface area contributed by atoms with Crippen LogP contribution in [0, 0.1) is 12.7 Å². The van der Waals surface area contributed by atoms with Gasteiger partial charge in [0, 0.05) is 6.54 Å². The van der Waals surface area contributed by atoms with Crippen molar-refractivity contribution in [1.82, 2.24) is 4.90 Å². The first-order valence-corrected chi connectivity index (χ1v) is 11.9. The molecular formula is C31H22FNO4. The third-order valence-corrected chi connectivity index (χ3v) is 6.54. The lowest BCUT2D eigenvalue weighted by atomic mass is 9.97. The average molecular weight is 492 g/mol. The number of nitrogens with zero attached hydrogens (tertiary/aromatic N) is 1. The van der Waals surface area contributed by atoms with Crippen molar-refractivity contribution in [3.63, 3.8) is 0 Å². The largest absolute Gasteiger partial charge is 0.457 e. The first kappa shape index (κ1) is 22.7. The van der Waals surface area contributed by atoms with E-state index >= 15 is 0 Å². The Hall–Kier alpha value is -4.71. The number of hydrogen-bond acceptors (Lipinski definition) is 4. The molecule has 0 radical (unpaired) electrons. The van der Waals surface area contributed by atoms with Crippen LogP contribution in [0.5, 0.6) is 11.5 Å². The molecule has 4 aromatic carbocycles. The number of carbonyl (C=O) groups excluding carboxylic acids is 1. The van der Waals surface area contributed by atoms with Crippen LogP contribution in [0.2, 0.25) is 0 Å². The topological polar surface area (TPSA) is 59.8 Å². The zero-order valence-electron chi connectivity index (χ0n) is 20.0. The maximum Gasteiger partial charge on any atom is 0.291 e. The fourth-order valence-corrected chi connectivity index (χ4v) is 4.80. The first-order chi connectivity index (χ1) is 18.0. The average Bonchev–Trinajstić information content (AvgIpc) is 3.18. The predicted molar refractivity (Wildman–Crippen MR) is 138 cm³/mol. The van der Waals surface area contributed by atoms with E-state index in [1.807, 2.05) is 67.6 Å². The number of rotatable bonds is 5. The summed E-state index contributed by atoms with van der Waals surface area (Å²) in [7, 11) is 0. The van der Waals surface area contributed by atoms with Crippen LogP contribution in [-0.4, -0.2) is 10.8 Å². The third kappa shape index (κ3) is 4.16. The van der Waals surface area contributed by atoms with Crippen molar-refractivity contribution in [3.8, 4) is 11.5 Å². The molecule has 1 unspecified atom stereocenters. The van der Waals surface area contributed by atoms with E-state index in [1.165, 1.54) is 12.1 Å². The third-order valence-electron chi connectivity index (χ3n) is 6.54. The Morgan fingerprint density at radius 1 is 0.865 bits per heavy atom. The van der Waals surface area contributed by atoms with Crippen molar-refractivity contribution in [2.45, 2.75) is 19.5 Å². The quantitative estimate of drug-likeness (QED) is 0.272. The van der Waals surface area contributed by atoms with Crippen molar-refractivity contribution in [2.75, 3.05) is 0 Å². The van der Waals surface area contributed by atoms with Gasteiger partial charge in [0.25, 0.3) is 5.91 Å². The van der Waals surface area contributed by atoms with Crippen molar-refractivity contribution >= 4 is 16.9 Å². The summed E-state index contributed by atoms with van der Waals surface area (Å²) in [5, 5.41) is 0.428. The lowest BCUT2D eigenvalue weighted by Gasteiger charge is -2.25.